The van der Waals surface area contributed by atoms with Crippen LogP contribution in [0.25, 0.3) is 11.5 Å². The van der Waals surface area contributed by atoms with Crippen molar-refractivity contribution in [3.05, 3.63) is 42.0 Å². The SMILES string of the molecule is CN=C(NCCc1coc(-c2ccc(F)cc2)n1)NCCN1CCCCC1. The van der Waals surface area contributed by atoms with Gasteiger partial charge in [0.1, 0.15) is 12.1 Å². The molecule has 1 aromatic carbocycles. The lowest BCUT2D eigenvalue weighted by atomic mass is 10.1. The number of piperidine rings is 1. The first-order valence-corrected chi connectivity index (χ1v) is 9.62. The smallest absolute Gasteiger partial charge is 0.226 e. The van der Waals surface area contributed by atoms with Crippen molar-refractivity contribution in [3.63, 3.8) is 0 Å². The molecule has 7 heteroatoms. The molecule has 0 bridgehead atoms. The van der Waals surface area contributed by atoms with Crippen molar-refractivity contribution < 1.29 is 8.81 Å². The van der Waals surface area contributed by atoms with Gasteiger partial charge in [-0.05, 0) is 50.2 Å². The average Bonchev–Trinajstić information content (AvgIpc) is 3.17. The number of aliphatic imine (C=N–C) groups is 1. The number of halogens is 1. The van der Waals surface area contributed by atoms with Crippen molar-refractivity contribution in [2.24, 2.45) is 4.99 Å². The molecule has 0 aliphatic carbocycles. The largest absolute Gasteiger partial charge is 0.444 e. The third kappa shape index (κ3) is 6.06. The molecule has 1 saturated heterocycles. The Labute approximate surface area is 159 Å². The van der Waals surface area contributed by atoms with Crippen LogP contribution in [0.15, 0.2) is 39.9 Å². The second-order valence-electron chi connectivity index (χ2n) is 6.73. The molecule has 146 valence electrons. The summed E-state index contributed by atoms with van der Waals surface area (Å²) in [5.74, 6) is 1.04. The van der Waals surface area contributed by atoms with E-state index in [1.54, 1.807) is 25.4 Å². The van der Waals surface area contributed by atoms with Gasteiger partial charge < -0.3 is 20.0 Å². The average molecular weight is 373 g/mol. The molecule has 6 nitrogen and oxygen atoms in total. The minimum atomic E-state index is -0.270. The number of nitrogens with zero attached hydrogens (tertiary/aromatic N) is 3. The second kappa shape index (κ2) is 10.1. The Morgan fingerprint density at radius 2 is 1.89 bits per heavy atom. The van der Waals surface area contributed by atoms with E-state index < -0.39 is 0 Å². The fraction of sp³-hybridized carbons (Fsp3) is 0.500. The minimum absolute atomic E-state index is 0.270. The van der Waals surface area contributed by atoms with Crippen molar-refractivity contribution in [3.8, 4) is 11.5 Å². The summed E-state index contributed by atoms with van der Waals surface area (Å²) in [6.45, 7) is 5.05. The van der Waals surface area contributed by atoms with Crippen LogP contribution in [-0.4, -0.2) is 55.6 Å². The maximum atomic E-state index is 13.0. The van der Waals surface area contributed by atoms with E-state index in [0.29, 0.717) is 12.4 Å². The fourth-order valence-electron chi connectivity index (χ4n) is 3.19. The van der Waals surface area contributed by atoms with Crippen molar-refractivity contribution in [1.29, 1.82) is 0 Å². The fourth-order valence-corrected chi connectivity index (χ4v) is 3.19. The van der Waals surface area contributed by atoms with Gasteiger partial charge >= 0.3 is 0 Å². The Morgan fingerprint density at radius 1 is 1.15 bits per heavy atom. The van der Waals surface area contributed by atoms with E-state index >= 15 is 0 Å². The van der Waals surface area contributed by atoms with Crippen LogP contribution < -0.4 is 10.6 Å². The standard InChI is InChI=1S/C20H28FN5O/c1-22-20(24-11-14-26-12-3-2-4-13-26)23-10-9-18-15-27-19(25-18)16-5-7-17(21)8-6-16/h5-8,15H,2-4,9-14H2,1H3,(H2,22,23,24). The highest BCUT2D eigenvalue weighted by atomic mass is 19.1. The lowest BCUT2D eigenvalue weighted by molar-refractivity contribution is 0.232. The Kier molecular flexibility index (Phi) is 7.21. The predicted molar refractivity (Wildman–Crippen MR) is 105 cm³/mol. The molecule has 1 aromatic heterocycles. The number of likely N-dealkylation sites (tertiary alicyclic amines) is 1. The van der Waals surface area contributed by atoms with E-state index in [9.17, 15) is 4.39 Å². The van der Waals surface area contributed by atoms with Crippen molar-refractivity contribution in [2.45, 2.75) is 25.7 Å². The molecule has 0 spiro atoms. The summed E-state index contributed by atoms with van der Waals surface area (Å²) in [4.78, 5) is 11.2. The molecular weight excluding hydrogens is 345 g/mol. The summed E-state index contributed by atoms with van der Waals surface area (Å²) in [5, 5.41) is 6.66. The number of hydrogen-bond acceptors (Lipinski definition) is 4. The van der Waals surface area contributed by atoms with E-state index in [1.165, 1.54) is 44.5 Å². The third-order valence-electron chi connectivity index (χ3n) is 4.71. The van der Waals surface area contributed by atoms with Crippen LogP contribution >= 0.6 is 0 Å². The van der Waals surface area contributed by atoms with E-state index in [-0.39, 0.29) is 5.82 Å². The Bertz CT molecular complexity index is 722. The first-order chi connectivity index (χ1) is 13.2. The van der Waals surface area contributed by atoms with Gasteiger partial charge in [0.25, 0.3) is 0 Å². The van der Waals surface area contributed by atoms with Crippen LogP contribution in [0.1, 0.15) is 25.0 Å². The molecule has 2 heterocycles. The van der Waals surface area contributed by atoms with E-state index in [2.05, 4.69) is 25.5 Å². The highest BCUT2D eigenvalue weighted by Crippen LogP contribution is 2.18. The molecule has 0 radical (unpaired) electrons. The zero-order valence-electron chi connectivity index (χ0n) is 15.9. The topological polar surface area (TPSA) is 65.7 Å². The molecular formula is C20H28FN5O. The summed E-state index contributed by atoms with van der Waals surface area (Å²) in [7, 11) is 1.78. The zero-order valence-corrected chi connectivity index (χ0v) is 15.9. The highest BCUT2D eigenvalue weighted by Gasteiger charge is 2.10. The van der Waals surface area contributed by atoms with Crippen LogP contribution in [0.4, 0.5) is 4.39 Å². The number of oxazole rings is 1. The van der Waals surface area contributed by atoms with E-state index in [1.807, 2.05) is 0 Å². The molecule has 2 N–H and O–H groups in total. The van der Waals surface area contributed by atoms with Crippen LogP contribution in [-0.2, 0) is 6.42 Å². The van der Waals surface area contributed by atoms with Gasteiger partial charge in [0.05, 0.1) is 5.69 Å². The maximum Gasteiger partial charge on any atom is 0.226 e. The van der Waals surface area contributed by atoms with Gasteiger partial charge in [-0.3, -0.25) is 4.99 Å². The van der Waals surface area contributed by atoms with Crippen LogP contribution in [0.3, 0.4) is 0 Å². The number of nitrogens with one attached hydrogen (secondary N) is 2. The number of guanidine groups is 1. The Morgan fingerprint density at radius 3 is 2.63 bits per heavy atom. The monoisotopic (exact) mass is 373 g/mol. The van der Waals surface area contributed by atoms with E-state index in [0.717, 1.165) is 36.7 Å². The zero-order chi connectivity index (χ0) is 18.9. The molecule has 2 aromatic rings. The molecule has 1 aliphatic rings. The summed E-state index contributed by atoms with van der Waals surface area (Å²) < 4.78 is 18.5. The van der Waals surface area contributed by atoms with E-state index in [4.69, 9.17) is 4.42 Å². The predicted octanol–water partition coefficient (Wildman–Crippen LogP) is 2.67. The summed E-state index contributed by atoms with van der Waals surface area (Å²) >= 11 is 0. The Hall–Kier alpha value is -2.41. The normalized spacial score (nSPS) is 15.7. The molecule has 0 atom stereocenters. The third-order valence-corrected chi connectivity index (χ3v) is 4.71. The number of rotatable bonds is 7. The van der Waals surface area contributed by atoms with Gasteiger partial charge in [-0.2, -0.15) is 0 Å². The maximum absolute atomic E-state index is 13.0. The first-order valence-electron chi connectivity index (χ1n) is 9.62. The highest BCUT2D eigenvalue weighted by molar-refractivity contribution is 5.79. The molecule has 0 amide bonds. The Balaban J connectivity index is 1.38. The van der Waals surface area contributed by atoms with Gasteiger partial charge in [-0.1, -0.05) is 6.42 Å². The molecule has 1 fully saturated rings. The molecule has 3 rings (SSSR count). The van der Waals surface area contributed by atoms with Crippen LogP contribution in [0.2, 0.25) is 0 Å². The number of aromatic nitrogens is 1. The quantitative estimate of drug-likeness (QED) is 0.577. The van der Waals surface area contributed by atoms with Crippen molar-refractivity contribution in [2.75, 3.05) is 39.8 Å². The molecule has 0 saturated carbocycles. The molecule has 1 aliphatic heterocycles. The van der Waals surface area contributed by atoms with Gasteiger partial charge in [0.15, 0.2) is 5.96 Å². The van der Waals surface area contributed by atoms with Crippen LogP contribution in [0, 0.1) is 5.82 Å². The lowest BCUT2D eigenvalue weighted by Crippen LogP contribution is -2.43. The van der Waals surface area contributed by atoms with Gasteiger partial charge in [0.2, 0.25) is 5.89 Å². The number of benzene rings is 1. The summed E-state index contributed by atoms with van der Waals surface area (Å²) in [6, 6.07) is 6.13. The first kappa shape index (κ1) is 19.4. The van der Waals surface area contributed by atoms with Crippen LogP contribution in [0.5, 0.6) is 0 Å². The summed E-state index contributed by atoms with van der Waals surface area (Å²) in [5.41, 5.74) is 1.62. The second-order valence-corrected chi connectivity index (χ2v) is 6.73. The molecule has 0 unspecified atom stereocenters. The van der Waals surface area contributed by atoms with Crippen molar-refractivity contribution >= 4 is 5.96 Å². The molecule has 27 heavy (non-hydrogen) atoms. The number of hydrogen-bond donors (Lipinski definition) is 2. The lowest BCUT2D eigenvalue weighted by Gasteiger charge is -2.26. The summed E-state index contributed by atoms with van der Waals surface area (Å²) in [6.07, 6.45) is 6.34. The van der Waals surface area contributed by atoms with Gasteiger partial charge in [-0.25, -0.2) is 9.37 Å². The van der Waals surface area contributed by atoms with Crippen molar-refractivity contribution in [1.82, 2.24) is 20.5 Å². The van der Waals surface area contributed by atoms with Gasteiger partial charge in [-0.15, -0.1) is 0 Å². The van der Waals surface area contributed by atoms with Gasteiger partial charge in [0, 0.05) is 38.7 Å². The minimum Gasteiger partial charge on any atom is -0.444 e.